The minimum atomic E-state index is -0.355. The van der Waals surface area contributed by atoms with E-state index in [1.54, 1.807) is 11.9 Å². The van der Waals surface area contributed by atoms with E-state index in [0.717, 1.165) is 11.1 Å². The van der Waals surface area contributed by atoms with Crippen molar-refractivity contribution >= 4 is 27.5 Å². The monoisotopic (exact) mass is 426 g/mol. The summed E-state index contributed by atoms with van der Waals surface area (Å²) >= 11 is 0. The first-order chi connectivity index (χ1) is 15.6. The zero-order valence-corrected chi connectivity index (χ0v) is 18.7. The Balaban J connectivity index is 1.48. The fourth-order valence-electron chi connectivity index (χ4n) is 4.30. The Labute approximate surface area is 189 Å². The number of aliphatic hydroxyl groups is 1. The standard InChI is InChI=1S/C28H30N2O2/c1-29-27(18-21-12-14-23-8-4-6-10-25(23)16-21)28(32)30(2)26(19-31)17-20-11-13-22-7-3-5-9-24(22)15-20/h3-16,26-27,29,31H,17-19H2,1-2H3/t26-,27-/m1/s1. The maximum atomic E-state index is 13.3. The second-order valence-corrected chi connectivity index (χ2v) is 8.40. The third kappa shape index (κ3) is 4.82. The lowest BCUT2D eigenvalue weighted by Gasteiger charge is -2.30. The number of hydrogen-bond acceptors (Lipinski definition) is 3. The van der Waals surface area contributed by atoms with Gasteiger partial charge in [-0.25, -0.2) is 0 Å². The molecule has 0 bridgehead atoms. The third-order valence-electron chi connectivity index (χ3n) is 6.29. The molecule has 4 rings (SSSR count). The van der Waals surface area contributed by atoms with Crippen LogP contribution in [0.4, 0.5) is 0 Å². The van der Waals surface area contributed by atoms with Gasteiger partial charge in [-0.3, -0.25) is 4.79 Å². The van der Waals surface area contributed by atoms with Gasteiger partial charge in [0.2, 0.25) is 5.91 Å². The number of likely N-dealkylation sites (N-methyl/N-ethyl adjacent to an activating group) is 2. The van der Waals surface area contributed by atoms with Crippen LogP contribution in [0.25, 0.3) is 21.5 Å². The minimum absolute atomic E-state index is 0.0134. The van der Waals surface area contributed by atoms with Gasteiger partial charge in [-0.15, -0.1) is 0 Å². The Morgan fingerprint density at radius 1 is 0.812 bits per heavy atom. The summed E-state index contributed by atoms with van der Waals surface area (Å²) < 4.78 is 0. The lowest BCUT2D eigenvalue weighted by Crippen LogP contribution is -2.50. The average Bonchev–Trinajstić information content (AvgIpc) is 2.84. The minimum Gasteiger partial charge on any atom is -0.394 e. The van der Waals surface area contributed by atoms with Gasteiger partial charge in [0.1, 0.15) is 0 Å². The maximum Gasteiger partial charge on any atom is 0.240 e. The molecule has 4 nitrogen and oxygen atoms in total. The highest BCUT2D eigenvalue weighted by Gasteiger charge is 2.26. The Morgan fingerprint density at radius 2 is 1.31 bits per heavy atom. The van der Waals surface area contributed by atoms with Crippen LogP contribution in [0.1, 0.15) is 11.1 Å². The van der Waals surface area contributed by atoms with Crippen LogP contribution >= 0.6 is 0 Å². The first-order valence-electron chi connectivity index (χ1n) is 11.1. The summed E-state index contributed by atoms with van der Waals surface area (Å²) in [7, 11) is 3.60. The maximum absolute atomic E-state index is 13.3. The van der Waals surface area contributed by atoms with Gasteiger partial charge in [0.05, 0.1) is 18.7 Å². The predicted molar refractivity (Wildman–Crippen MR) is 132 cm³/mol. The van der Waals surface area contributed by atoms with Crippen LogP contribution in [0.15, 0.2) is 84.9 Å². The third-order valence-corrected chi connectivity index (χ3v) is 6.29. The lowest BCUT2D eigenvalue weighted by atomic mass is 9.99. The number of rotatable bonds is 8. The largest absolute Gasteiger partial charge is 0.394 e. The number of fused-ring (bicyclic) bond motifs is 2. The molecule has 0 heterocycles. The zero-order valence-electron chi connectivity index (χ0n) is 18.7. The number of nitrogens with zero attached hydrogens (tertiary/aromatic N) is 1. The van der Waals surface area contributed by atoms with Crippen molar-refractivity contribution in [3.63, 3.8) is 0 Å². The average molecular weight is 427 g/mol. The molecule has 0 spiro atoms. The summed E-state index contributed by atoms with van der Waals surface area (Å²) in [4.78, 5) is 15.0. The molecule has 0 unspecified atom stereocenters. The highest BCUT2D eigenvalue weighted by molar-refractivity contribution is 5.85. The Hall–Kier alpha value is -3.21. The summed E-state index contributed by atoms with van der Waals surface area (Å²) in [5.74, 6) is -0.0134. The van der Waals surface area contributed by atoms with Gasteiger partial charge >= 0.3 is 0 Å². The van der Waals surface area contributed by atoms with Crippen LogP contribution in [-0.2, 0) is 17.6 Å². The highest BCUT2D eigenvalue weighted by Crippen LogP contribution is 2.19. The van der Waals surface area contributed by atoms with E-state index in [2.05, 4.69) is 66.0 Å². The Kier molecular flexibility index (Phi) is 6.84. The first kappa shape index (κ1) is 22.0. The van der Waals surface area contributed by atoms with E-state index in [4.69, 9.17) is 0 Å². The van der Waals surface area contributed by atoms with Crippen LogP contribution in [0.2, 0.25) is 0 Å². The van der Waals surface area contributed by atoms with Crippen LogP contribution in [0.5, 0.6) is 0 Å². The zero-order chi connectivity index (χ0) is 22.5. The number of benzene rings is 4. The highest BCUT2D eigenvalue weighted by atomic mass is 16.3. The molecular weight excluding hydrogens is 396 g/mol. The SMILES string of the molecule is CN[C@H](Cc1ccc2ccccc2c1)C(=O)N(C)[C@@H](CO)Cc1ccc2ccccc2c1. The van der Waals surface area contributed by atoms with E-state index in [-0.39, 0.29) is 24.6 Å². The molecule has 2 atom stereocenters. The van der Waals surface area contributed by atoms with Crippen LogP contribution < -0.4 is 5.32 Å². The molecule has 4 heteroatoms. The summed E-state index contributed by atoms with van der Waals surface area (Å²) in [6, 6.07) is 28.5. The molecule has 0 radical (unpaired) electrons. The van der Waals surface area contributed by atoms with E-state index in [1.165, 1.54) is 21.5 Å². The lowest BCUT2D eigenvalue weighted by molar-refractivity contribution is -0.134. The number of hydrogen-bond donors (Lipinski definition) is 2. The van der Waals surface area contributed by atoms with Crippen molar-refractivity contribution < 1.29 is 9.90 Å². The van der Waals surface area contributed by atoms with Crippen molar-refractivity contribution in [1.82, 2.24) is 10.2 Å². The van der Waals surface area contributed by atoms with E-state index in [9.17, 15) is 9.90 Å². The number of aliphatic hydroxyl groups excluding tert-OH is 1. The van der Waals surface area contributed by atoms with Crippen molar-refractivity contribution in [1.29, 1.82) is 0 Å². The van der Waals surface area contributed by atoms with E-state index in [1.807, 2.05) is 31.3 Å². The fraction of sp³-hybridized carbons (Fsp3) is 0.250. The molecule has 4 aromatic carbocycles. The summed E-state index contributed by atoms with van der Waals surface area (Å²) in [6.45, 7) is -0.0819. The molecule has 0 fully saturated rings. The smallest absolute Gasteiger partial charge is 0.240 e. The van der Waals surface area contributed by atoms with Gasteiger partial charge in [-0.05, 0) is 52.6 Å². The van der Waals surface area contributed by atoms with Gasteiger partial charge in [-0.2, -0.15) is 0 Å². The summed E-state index contributed by atoms with van der Waals surface area (Å²) in [5.41, 5.74) is 2.22. The van der Waals surface area contributed by atoms with Gasteiger partial charge < -0.3 is 15.3 Å². The Morgan fingerprint density at radius 3 is 1.81 bits per heavy atom. The molecule has 4 aromatic rings. The van der Waals surface area contributed by atoms with Gasteiger partial charge in [0.25, 0.3) is 0 Å². The molecule has 0 aromatic heterocycles. The molecule has 0 aliphatic heterocycles. The molecule has 2 N–H and O–H groups in total. The molecule has 0 saturated heterocycles. The molecular formula is C28H30N2O2. The van der Waals surface area contributed by atoms with Crippen molar-refractivity contribution in [2.75, 3.05) is 20.7 Å². The molecule has 0 aliphatic rings. The van der Waals surface area contributed by atoms with Gasteiger partial charge in [-0.1, -0.05) is 84.9 Å². The molecule has 1 amide bonds. The Bertz CT molecular complexity index is 1220. The van der Waals surface area contributed by atoms with Crippen molar-refractivity contribution in [3.8, 4) is 0 Å². The number of carbonyl (C=O) groups is 1. The van der Waals surface area contributed by atoms with E-state index in [0.29, 0.717) is 12.8 Å². The topological polar surface area (TPSA) is 52.6 Å². The second kappa shape index (κ2) is 9.94. The van der Waals surface area contributed by atoms with Gasteiger partial charge in [0, 0.05) is 7.05 Å². The number of carbonyl (C=O) groups excluding carboxylic acids is 1. The second-order valence-electron chi connectivity index (χ2n) is 8.40. The quantitative estimate of drug-likeness (QED) is 0.444. The summed E-state index contributed by atoms with van der Waals surface area (Å²) in [5, 5.41) is 18.0. The van der Waals surface area contributed by atoms with E-state index >= 15 is 0 Å². The van der Waals surface area contributed by atoms with E-state index < -0.39 is 0 Å². The number of amides is 1. The first-order valence-corrected chi connectivity index (χ1v) is 11.1. The summed E-state index contributed by atoms with van der Waals surface area (Å²) in [6.07, 6.45) is 1.20. The van der Waals surface area contributed by atoms with Crippen molar-refractivity contribution in [3.05, 3.63) is 96.1 Å². The predicted octanol–water partition coefficient (Wildman–Crippen LogP) is 4.19. The fourth-order valence-corrected chi connectivity index (χ4v) is 4.30. The number of nitrogens with one attached hydrogen (secondary N) is 1. The van der Waals surface area contributed by atoms with Crippen LogP contribution in [0, 0.1) is 0 Å². The van der Waals surface area contributed by atoms with Crippen molar-refractivity contribution in [2.24, 2.45) is 0 Å². The van der Waals surface area contributed by atoms with Crippen molar-refractivity contribution in [2.45, 2.75) is 24.9 Å². The molecule has 164 valence electrons. The normalized spacial score (nSPS) is 13.2. The van der Waals surface area contributed by atoms with Crippen LogP contribution in [0.3, 0.4) is 0 Å². The van der Waals surface area contributed by atoms with Gasteiger partial charge in [0.15, 0.2) is 0 Å². The van der Waals surface area contributed by atoms with Crippen LogP contribution in [-0.4, -0.2) is 48.7 Å². The molecule has 0 saturated carbocycles. The molecule has 32 heavy (non-hydrogen) atoms. The molecule has 0 aliphatic carbocycles.